The van der Waals surface area contributed by atoms with E-state index in [4.69, 9.17) is 4.74 Å². The molecule has 2 aromatic heterocycles. The van der Waals surface area contributed by atoms with E-state index in [1.165, 1.54) is 31.4 Å². The molecule has 4 rings (SSSR count). The first-order chi connectivity index (χ1) is 16.8. The summed E-state index contributed by atoms with van der Waals surface area (Å²) in [7, 11) is 0. The lowest BCUT2D eigenvalue weighted by molar-refractivity contribution is 0.0145. The van der Waals surface area contributed by atoms with E-state index in [0.717, 1.165) is 37.9 Å². The summed E-state index contributed by atoms with van der Waals surface area (Å²) in [5.74, 6) is -2.92. The van der Waals surface area contributed by atoms with Gasteiger partial charge in [-0.05, 0) is 48.0 Å². The highest BCUT2D eigenvalue weighted by molar-refractivity contribution is 8.14. The van der Waals surface area contributed by atoms with Crippen LogP contribution in [0.25, 0.3) is 5.65 Å². The van der Waals surface area contributed by atoms with Gasteiger partial charge in [-0.3, -0.25) is 9.39 Å². The minimum Gasteiger partial charge on any atom is -0.493 e. The fraction of sp³-hybridized carbons (Fsp3) is 0.480. The summed E-state index contributed by atoms with van der Waals surface area (Å²) < 4.78 is 50.9. The molecule has 2 unspecified atom stereocenters. The minimum atomic E-state index is -3.09. The Labute approximate surface area is 207 Å². The van der Waals surface area contributed by atoms with Crippen molar-refractivity contribution in [3.8, 4) is 5.75 Å². The lowest BCUT2D eigenvalue weighted by Gasteiger charge is -2.18. The quantitative estimate of drug-likeness (QED) is 0.281. The van der Waals surface area contributed by atoms with E-state index >= 15 is 0 Å². The second-order valence-corrected chi connectivity index (χ2v) is 9.82. The van der Waals surface area contributed by atoms with Gasteiger partial charge in [-0.25, -0.2) is 13.2 Å². The van der Waals surface area contributed by atoms with Gasteiger partial charge in [0.2, 0.25) is 0 Å². The van der Waals surface area contributed by atoms with Crippen LogP contribution >= 0.6 is 11.8 Å². The Morgan fingerprint density at radius 1 is 1.11 bits per heavy atom. The number of hydrogen-bond acceptors (Lipinski definition) is 6. The maximum absolute atomic E-state index is 14.8. The fourth-order valence-corrected chi connectivity index (χ4v) is 4.87. The molecule has 188 valence electrons. The smallest absolute Gasteiger partial charge is 0.274 e. The van der Waals surface area contributed by atoms with E-state index in [-0.39, 0.29) is 11.3 Å². The number of thioether (sulfide) groups is 1. The van der Waals surface area contributed by atoms with E-state index in [2.05, 4.69) is 27.4 Å². The number of nitrogens with zero attached hydrogens (tertiary/aromatic N) is 4. The molecule has 10 heteroatoms. The van der Waals surface area contributed by atoms with Crippen molar-refractivity contribution in [1.29, 1.82) is 0 Å². The van der Waals surface area contributed by atoms with Gasteiger partial charge in [0, 0.05) is 18.8 Å². The third-order valence-electron chi connectivity index (χ3n) is 5.84. The third kappa shape index (κ3) is 6.48. The zero-order chi connectivity index (χ0) is 24.8. The van der Waals surface area contributed by atoms with Crippen molar-refractivity contribution in [1.82, 2.24) is 14.6 Å². The normalized spacial score (nSPS) is 18.1. The number of fused-ring (bicyclic) bond motifs is 1. The number of rotatable bonds is 11. The minimum absolute atomic E-state index is 0.168. The van der Waals surface area contributed by atoms with Crippen molar-refractivity contribution in [2.45, 2.75) is 69.8 Å². The number of unbranched alkanes of at least 4 members (excludes halogenated alkanes) is 5. The molecule has 3 aromatic rings. The lowest BCUT2D eigenvalue weighted by atomic mass is 10.1. The molecule has 0 fully saturated rings. The van der Waals surface area contributed by atoms with E-state index in [0.29, 0.717) is 28.7 Å². The standard InChI is InChI=1S/C25H30F3N5OS/c1-3-4-5-6-7-8-13-34-20-11-10-18(14-19(20)25(2,27)28)30-24-31-22(23(26)35-24)17-9-12-21-32-29-16-33(21)15-17/h9-12,14-16,22-23H,3-8,13H2,1-2H3,(H,30,31). The van der Waals surface area contributed by atoms with E-state index in [1.807, 2.05) is 0 Å². The molecule has 0 saturated heterocycles. The summed E-state index contributed by atoms with van der Waals surface area (Å²) in [6.45, 7) is 3.41. The van der Waals surface area contributed by atoms with Crippen LogP contribution in [0.5, 0.6) is 5.75 Å². The molecule has 3 heterocycles. The second kappa shape index (κ2) is 11.3. The number of aromatic nitrogens is 3. The maximum Gasteiger partial charge on any atom is 0.274 e. The second-order valence-electron chi connectivity index (χ2n) is 8.75. The zero-order valence-corrected chi connectivity index (χ0v) is 20.7. The highest BCUT2D eigenvalue weighted by atomic mass is 32.2. The Hall–Kier alpha value is -2.75. The van der Waals surface area contributed by atoms with Crippen LogP contribution in [0.4, 0.5) is 18.9 Å². The van der Waals surface area contributed by atoms with Crippen molar-refractivity contribution in [3.05, 3.63) is 54.0 Å². The number of halogens is 3. The van der Waals surface area contributed by atoms with Crippen LogP contribution in [0.15, 0.2) is 47.8 Å². The largest absolute Gasteiger partial charge is 0.493 e. The molecular formula is C25H30F3N5OS. The SMILES string of the molecule is CCCCCCCCOc1ccc(NC2=NC(c3ccc4nncn4c3)C(F)S2)cc1C(C)(F)F. The van der Waals surface area contributed by atoms with Gasteiger partial charge >= 0.3 is 0 Å². The maximum atomic E-state index is 14.8. The summed E-state index contributed by atoms with van der Waals surface area (Å²) in [6, 6.07) is 7.33. The summed E-state index contributed by atoms with van der Waals surface area (Å²) in [5, 5.41) is 11.1. The van der Waals surface area contributed by atoms with E-state index in [1.54, 1.807) is 35.1 Å². The van der Waals surface area contributed by atoms with Gasteiger partial charge in [0.1, 0.15) is 18.1 Å². The van der Waals surface area contributed by atoms with Gasteiger partial charge in [-0.2, -0.15) is 0 Å². The van der Waals surface area contributed by atoms with E-state index in [9.17, 15) is 13.2 Å². The molecular weight excluding hydrogens is 475 g/mol. The molecule has 1 aliphatic heterocycles. The van der Waals surface area contributed by atoms with Crippen LogP contribution in [0.3, 0.4) is 0 Å². The van der Waals surface area contributed by atoms with E-state index < -0.39 is 17.5 Å². The van der Waals surface area contributed by atoms with Crippen molar-refractivity contribution in [3.63, 3.8) is 0 Å². The molecule has 0 bridgehead atoms. The Morgan fingerprint density at radius 3 is 2.71 bits per heavy atom. The highest BCUT2D eigenvalue weighted by Crippen LogP contribution is 2.40. The topological polar surface area (TPSA) is 63.8 Å². The number of benzene rings is 1. The number of anilines is 1. The first kappa shape index (κ1) is 25.3. The average molecular weight is 506 g/mol. The molecule has 1 aliphatic rings. The average Bonchev–Trinajstić information content (AvgIpc) is 3.44. The highest BCUT2D eigenvalue weighted by Gasteiger charge is 2.33. The molecule has 0 radical (unpaired) electrons. The predicted octanol–water partition coefficient (Wildman–Crippen LogP) is 7.13. The third-order valence-corrected chi connectivity index (χ3v) is 6.76. The van der Waals surface area contributed by atoms with Gasteiger partial charge in [0.25, 0.3) is 5.92 Å². The Kier molecular flexibility index (Phi) is 8.20. The molecule has 0 saturated carbocycles. The van der Waals surface area contributed by atoms with Crippen LogP contribution in [-0.4, -0.2) is 31.9 Å². The van der Waals surface area contributed by atoms with Crippen molar-refractivity contribution in [2.75, 3.05) is 11.9 Å². The van der Waals surface area contributed by atoms with Crippen LogP contribution in [0, 0.1) is 0 Å². The van der Waals surface area contributed by atoms with Gasteiger partial charge in [0.15, 0.2) is 16.3 Å². The van der Waals surface area contributed by atoms with Crippen LogP contribution in [-0.2, 0) is 5.92 Å². The Bertz CT molecular complexity index is 1160. The van der Waals surface area contributed by atoms with Crippen LogP contribution in [0.2, 0.25) is 0 Å². The monoisotopic (exact) mass is 505 g/mol. The summed E-state index contributed by atoms with van der Waals surface area (Å²) in [6.07, 6.45) is 9.84. The first-order valence-electron chi connectivity index (χ1n) is 11.9. The molecule has 35 heavy (non-hydrogen) atoms. The Balaban J connectivity index is 1.42. The number of aliphatic imine (C=N–C) groups is 1. The number of pyridine rings is 1. The lowest BCUT2D eigenvalue weighted by Crippen LogP contribution is -2.13. The molecule has 0 spiro atoms. The van der Waals surface area contributed by atoms with Gasteiger partial charge in [-0.1, -0.05) is 45.1 Å². The number of hydrogen-bond donors (Lipinski definition) is 1. The van der Waals surface area contributed by atoms with Gasteiger partial charge in [-0.15, -0.1) is 10.2 Å². The molecule has 0 aliphatic carbocycles. The summed E-state index contributed by atoms with van der Waals surface area (Å²) in [5.41, 5.74) is 0.223. The number of amidine groups is 1. The number of alkyl halides is 3. The van der Waals surface area contributed by atoms with Gasteiger partial charge < -0.3 is 10.1 Å². The first-order valence-corrected chi connectivity index (χ1v) is 12.8. The number of ether oxygens (including phenoxy) is 1. The van der Waals surface area contributed by atoms with Gasteiger partial charge in [0.05, 0.1) is 12.2 Å². The molecule has 0 amide bonds. The fourth-order valence-electron chi connectivity index (χ4n) is 3.96. The Morgan fingerprint density at radius 2 is 1.91 bits per heavy atom. The molecule has 2 atom stereocenters. The zero-order valence-electron chi connectivity index (χ0n) is 19.9. The van der Waals surface area contributed by atoms with Crippen molar-refractivity contribution in [2.24, 2.45) is 4.99 Å². The molecule has 1 aromatic carbocycles. The van der Waals surface area contributed by atoms with Crippen LogP contribution in [0.1, 0.15) is 69.5 Å². The summed E-state index contributed by atoms with van der Waals surface area (Å²) >= 11 is 0.926. The van der Waals surface area contributed by atoms with Crippen molar-refractivity contribution < 1.29 is 17.9 Å². The summed E-state index contributed by atoms with van der Waals surface area (Å²) in [4.78, 5) is 4.45. The molecule has 1 N–H and O–H groups in total. The van der Waals surface area contributed by atoms with Crippen LogP contribution < -0.4 is 10.1 Å². The molecule has 6 nitrogen and oxygen atoms in total. The number of nitrogens with one attached hydrogen (secondary N) is 1. The van der Waals surface area contributed by atoms with Crippen molar-refractivity contribution >= 4 is 28.3 Å². The predicted molar refractivity (Wildman–Crippen MR) is 134 cm³/mol.